The van der Waals surface area contributed by atoms with E-state index in [1.54, 1.807) is 23.7 Å². The molecule has 2 aromatic rings. The number of amides is 1. The summed E-state index contributed by atoms with van der Waals surface area (Å²) in [6, 6.07) is 2.03. The maximum Gasteiger partial charge on any atom is 0.220 e. The van der Waals surface area contributed by atoms with E-state index in [4.69, 9.17) is 0 Å². The first-order valence-corrected chi connectivity index (χ1v) is 8.86. The summed E-state index contributed by atoms with van der Waals surface area (Å²) in [5.74, 6) is 0.695. The Morgan fingerprint density at radius 2 is 2.05 bits per heavy atom. The van der Waals surface area contributed by atoms with Crippen LogP contribution in [0.25, 0.3) is 11.3 Å². The van der Waals surface area contributed by atoms with Gasteiger partial charge in [-0.3, -0.25) is 14.8 Å². The summed E-state index contributed by atoms with van der Waals surface area (Å²) < 4.78 is 0. The van der Waals surface area contributed by atoms with E-state index in [1.807, 2.05) is 11.4 Å². The van der Waals surface area contributed by atoms with Gasteiger partial charge in [-0.05, 0) is 30.2 Å². The van der Waals surface area contributed by atoms with Crippen LogP contribution in [0.2, 0.25) is 0 Å². The molecule has 4 nitrogen and oxygen atoms in total. The monoisotopic (exact) mass is 315 g/mol. The van der Waals surface area contributed by atoms with Crippen molar-refractivity contribution in [1.82, 2.24) is 15.3 Å². The third-order valence-electron chi connectivity index (χ3n) is 4.22. The number of hydrogen-bond acceptors (Lipinski definition) is 4. The van der Waals surface area contributed by atoms with E-state index < -0.39 is 0 Å². The van der Waals surface area contributed by atoms with Gasteiger partial charge in [0.25, 0.3) is 0 Å². The van der Waals surface area contributed by atoms with E-state index in [-0.39, 0.29) is 5.91 Å². The topological polar surface area (TPSA) is 54.9 Å². The number of carbonyl (C=O) groups excluding carboxylic acids is 1. The molecule has 1 aliphatic carbocycles. The average molecular weight is 315 g/mol. The number of rotatable bonds is 5. The number of nitrogens with one attached hydrogen (secondary N) is 1. The first-order chi connectivity index (χ1) is 10.8. The van der Waals surface area contributed by atoms with Gasteiger partial charge in [-0.2, -0.15) is 11.3 Å². The predicted octanol–water partition coefficient (Wildman–Crippen LogP) is 3.79. The van der Waals surface area contributed by atoms with Crippen molar-refractivity contribution >= 4 is 17.2 Å². The summed E-state index contributed by atoms with van der Waals surface area (Å²) in [7, 11) is 0. The molecule has 0 spiro atoms. The van der Waals surface area contributed by atoms with Gasteiger partial charge in [-0.25, -0.2) is 0 Å². The summed E-state index contributed by atoms with van der Waals surface area (Å²) >= 11 is 1.64. The Kier molecular flexibility index (Phi) is 5.16. The van der Waals surface area contributed by atoms with E-state index >= 15 is 0 Å². The molecular formula is C17H21N3OS. The van der Waals surface area contributed by atoms with Gasteiger partial charge in [0, 0.05) is 29.8 Å². The number of nitrogens with zero attached hydrogens (tertiary/aromatic N) is 2. The molecular weight excluding hydrogens is 294 g/mol. The van der Waals surface area contributed by atoms with Crippen molar-refractivity contribution in [3.8, 4) is 11.3 Å². The molecule has 1 aliphatic rings. The third kappa shape index (κ3) is 3.91. The SMILES string of the molecule is O=C(CC1CCCCC1)NCc1nccnc1-c1ccsc1. The van der Waals surface area contributed by atoms with Crippen molar-refractivity contribution in [3.63, 3.8) is 0 Å². The Morgan fingerprint density at radius 1 is 1.23 bits per heavy atom. The van der Waals surface area contributed by atoms with Crippen LogP contribution in [0.15, 0.2) is 29.2 Å². The molecule has 5 heteroatoms. The minimum Gasteiger partial charge on any atom is -0.350 e. The van der Waals surface area contributed by atoms with Gasteiger partial charge in [0.2, 0.25) is 5.91 Å². The van der Waals surface area contributed by atoms with Gasteiger partial charge in [0.05, 0.1) is 17.9 Å². The van der Waals surface area contributed by atoms with Crippen molar-refractivity contribution < 1.29 is 4.79 Å². The van der Waals surface area contributed by atoms with Crippen molar-refractivity contribution in [2.24, 2.45) is 5.92 Å². The fourth-order valence-corrected chi connectivity index (χ4v) is 3.69. The van der Waals surface area contributed by atoms with E-state index in [2.05, 4.69) is 20.7 Å². The van der Waals surface area contributed by atoms with Gasteiger partial charge in [0.15, 0.2) is 0 Å². The minimum atomic E-state index is 0.133. The van der Waals surface area contributed by atoms with Gasteiger partial charge in [0.1, 0.15) is 0 Å². The fraction of sp³-hybridized carbons (Fsp3) is 0.471. The van der Waals surface area contributed by atoms with Crippen LogP contribution in [0.4, 0.5) is 0 Å². The predicted molar refractivity (Wildman–Crippen MR) is 88.4 cm³/mol. The van der Waals surface area contributed by atoms with Crippen LogP contribution in [-0.2, 0) is 11.3 Å². The fourth-order valence-electron chi connectivity index (χ4n) is 3.04. The molecule has 22 heavy (non-hydrogen) atoms. The Morgan fingerprint density at radius 3 is 2.82 bits per heavy atom. The molecule has 0 saturated heterocycles. The lowest BCUT2D eigenvalue weighted by molar-refractivity contribution is -0.122. The maximum absolute atomic E-state index is 12.1. The highest BCUT2D eigenvalue weighted by Gasteiger charge is 2.17. The smallest absolute Gasteiger partial charge is 0.220 e. The van der Waals surface area contributed by atoms with E-state index in [9.17, 15) is 4.79 Å². The highest BCUT2D eigenvalue weighted by atomic mass is 32.1. The molecule has 0 aliphatic heterocycles. The normalized spacial score (nSPS) is 15.6. The van der Waals surface area contributed by atoms with E-state index in [1.165, 1.54) is 32.1 Å². The van der Waals surface area contributed by atoms with Crippen LogP contribution in [0, 0.1) is 5.92 Å². The van der Waals surface area contributed by atoms with Crippen LogP contribution in [0.1, 0.15) is 44.2 Å². The number of hydrogen-bond donors (Lipinski definition) is 1. The molecule has 0 aromatic carbocycles. The summed E-state index contributed by atoms with van der Waals surface area (Å²) in [6.07, 6.45) is 10.3. The Labute approximate surface area is 135 Å². The second-order valence-corrected chi connectivity index (χ2v) is 6.63. The van der Waals surface area contributed by atoms with Gasteiger partial charge in [-0.15, -0.1) is 0 Å². The average Bonchev–Trinajstić information content (AvgIpc) is 3.08. The molecule has 3 rings (SSSR count). The molecule has 0 radical (unpaired) electrons. The highest BCUT2D eigenvalue weighted by molar-refractivity contribution is 7.08. The second kappa shape index (κ2) is 7.49. The molecule has 116 valence electrons. The van der Waals surface area contributed by atoms with Crippen molar-refractivity contribution in [2.45, 2.75) is 45.1 Å². The van der Waals surface area contributed by atoms with Crippen molar-refractivity contribution in [2.75, 3.05) is 0 Å². The number of thiophene rings is 1. The molecule has 2 heterocycles. The first-order valence-electron chi connectivity index (χ1n) is 7.92. The molecule has 0 atom stereocenters. The highest BCUT2D eigenvalue weighted by Crippen LogP contribution is 2.26. The zero-order valence-electron chi connectivity index (χ0n) is 12.6. The molecule has 1 fully saturated rings. The lowest BCUT2D eigenvalue weighted by Gasteiger charge is -2.20. The van der Waals surface area contributed by atoms with Crippen LogP contribution in [0.5, 0.6) is 0 Å². The van der Waals surface area contributed by atoms with E-state index in [0.29, 0.717) is 18.9 Å². The lowest BCUT2D eigenvalue weighted by atomic mass is 9.87. The minimum absolute atomic E-state index is 0.133. The first kappa shape index (κ1) is 15.2. The zero-order chi connectivity index (χ0) is 15.2. The molecule has 2 aromatic heterocycles. The Bertz CT molecular complexity index is 606. The molecule has 0 unspecified atom stereocenters. The van der Waals surface area contributed by atoms with Crippen LogP contribution in [0.3, 0.4) is 0 Å². The third-order valence-corrected chi connectivity index (χ3v) is 4.90. The zero-order valence-corrected chi connectivity index (χ0v) is 13.4. The van der Waals surface area contributed by atoms with Crippen molar-refractivity contribution in [1.29, 1.82) is 0 Å². The number of aromatic nitrogens is 2. The molecule has 1 N–H and O–H groups in total. The molecule has 1 saturated carbocycles. The van der Waals surface area contributed by atoms with Crippen LogP contribution in [-0.4, -0.2) is 15.9 Å². The second-order valence-electron chi connectivity index (χ2n) is 5.85. The lowest BCUT2D eigenvalue weighted by Crippen LogP contribution is -2.26. The van der Waals surface area contributed by atoms with E-state index in [0.717, 1.165) is 17.0 Å². The molecule has 0 bridgehead atoms. The van der Waals surface area contributed by atoms with Crippen LogP contribution < -0.4 is 5.32 Å². The maximum atomic E-state index is 12.1. The summed E-state index contributed by atoms with van der Waals surface area (Å²) in [5, 5.41) is 7.09. The van der Waals surface area contributed by atoms with Crippen molar-refractivity contribution in [3.05, 3.63) is 34.9 Å². The summed E-state index contributed by atoms with van der Waals surface area (Å²) in [4.78, 5) is 20.9. The summed E-state index contributed by atoms with van der Waals surface area (Å²) in [5.41, 5.74) is 2.76. The Hall–Kier alpha value is -1.75. The largest absolute Gasteiger partial charge is 0.350 e. The summed E-state index contributed by atoms with van der Waals surface area (Å²) in [6.45, 7) is 0.449. The quantitative estimate of drug-likeness (QED) is 0.913. The molecule has 1 amide bonds. The standard InChI is InChI=1S/C17H21N3OS/c21-16(10-13-4-2-1-3-5-13)20-11-15-17(19-8-7-18-15)14-6-9-22-12-14/h6-9,12-13H,1-5,10-11H2,(H,20,21). The van der Waals surface area contributed by atoms with Gasteiger partial charge in [-0.1, -0.05) is 19.3 Å². The van der Waals surface area contributed by atoms with Gasteiger partial charge >= 0.3 is 0 Å². The number of carbonyl (C=O) groups is 1. The van der Waals surface area contributed by atoms with Gasteiger partial charge < -0.3 is 5.32 Å². The Balaban J connectivity index is 1.58. The van der Waals surface area contributed by atoms with Crippen LogP contribution >= 0.6 is 11.3 Å².